The maximum atomic E-state index is 5.87. The molecule has 0 unspecified atom stereocenters. The van der Waals surface area contributed by atoms with Crippen molar-refractivity contribution in [1.82, 2.24) is 10.6 Å². The van der Waals surface area contributed by atoms with Gasteiger partial charge in [-0.05, 0) is 25.5 Å². The minimum Gasteiger partial charge on any atom is -0.493 e. The van der Waals surface area contributed by atoms with Gasteiger partial charge in [-0.15, -0.1) is 24.0 Å². The Morgan fingerprint density at radius 2 is 2.00 bits per heavy atom. The van der Waals surface area contributed by atoms with Crippen LogP contribution in [0, 0.1) is 6.92 Å². The molecule has 0 amide bonds. The monoisotopic (exact) mass is 421 g/mol. The molecule has 6 heteroatoms. The summed E-state index contributed by atoms with van der Waals surface area (Å²) in [6, 6.07) is 6.25. The molecule has 0 bridgehead atoms. The maximum Gasteiger partial charge on any atom is 0.191 e. The predicted molar refractivity (Wildman–Crippen MR) is 102 cm³/mol. The van der Waals surface area contributed by atoms with Crippen molar-refractivity contribution in [2.45, 2.75) is 26.8 Å². The lowest BCUT2D eigenvalue weighted by atomic mass is 10.1. The van der Waals surface area contributed by atoms with Crippen LogP contribution in [0.2, 0.25) is 0 Å². The van der Waals surface area contributed by atoms with E-state index >= 15 is 0 Å². The number of hydrogen-bond donors (Lipinski definition) is 2. The summed E-state index contributed by atoms with van der Waals surface area (Å²) >= 11 is 0. The molecule has 1 aromatic carbocycles. The number of aryl methyl sites for hydroxylation is 1. The fourth-order valence-electron chi connectivity index (χ4n) is 1.89. The zero-order valence-corrected chi connectivity index (χ0v) is 16.3. The first-order chi connectivity index (χ1) is 10.2. The Labute approximate surface area is 150 Å². The van der Waals surface area contributed by atoms with Crippen molar-refractivity contribution in [3.05, 3.63) is 29.3 Å². The zero-order valence-electron chi connectivity index (χ0n) is 13.9. The van der Waals surface area contributed by atoms with E-state index in [9.17, 15) is 0 Å². The van der Waals surface area contributed by atoms with Gasteiger partial charge in [0.05, 0.1) is 6.61 Å². The standard InChI is InChI=1S/C16H27N3O2.HI/c1-5-18-16(17-3)19-12-14-8-7-13(2)11-15(14)21-10-6-9-20-4;/h7-8,11H,5-6,9-10,12H2,1-4H3,(H2,17,18,19);1H. The van der Waals surface area contributed by atoms with Crippen molar-refractivity contribution in [3.8, 4) is 5.75 Å². The summed E-state index contributed by atoms with van der Waals surface area (Å²) in [6.45, 7) is 7.01. The fourth-order valence-corrected chi connectivity index (χ4v) is 1.89. The van der Waals surface area contributed by atoms with Gasteiger partial charge in [-0.25, -0.2) is 0 Å². The predicted octanol–water partition coefficient (Wildman–Crippen LogP) is 2.71. The highest BCUT2D eigenvalue weighted by atomic mass is 127. The summed E-state index contributed by atoms with van der Waals surface area (Å²) < 4.78 is 10.9. The minimum absolute atomic E-state index is 0. The molecule has 0 aliphatic carbocycles. The topological polar surface area (TPSA) is 54.9 Å². The van der Waals surface area contributed by atoms with Gasteiger partial charge in [0.1, 0.15) is 5.75 Å². The molecule has 0 aromatic heterocycles. The zero-order chi connectivity index (χ0) is 15.5. The van der Waals surface area contributed by atoms with Crippen LogP contribution in [0.3, 0.4) is 0 Å². The molecular formula is C16H28IN3O2. The molecule has 5 nitrogen and oxygen atoms in total. The lowest BCUT2D eigenvalue weighted by Gasteiger charge is -2.15. The number of nitrogens with one attached hydrogen (secondary N) is 2. The van der Waals surface area contributed by atoms with Gasteiger partial charge in [-0.2, -0.15) is 0 Å². The Morgan fingerprint density at radius 1 is 1.23 bits per heavy atom. The first-order valence-electron chi connectivity index (χ1n) is 7.37. The van der Waals surface area contributed by atoms with Gasteiger partial charge in [0.2, 0.25) is 0 Å². The van der Waals surface area contributed by atoms with Gasteiger partial charge in [0.25, 0.3) is 0 Å². The minimum atomic E-state index is 0. The summed E-state index contributed by atoms with van der Waals surface area (Å²) in [5.41, 5.74) is 2.31. The summed E-state index contributed by atoms with van der Waals surface area (Å²) in [6.07, 6.45) is 0.885. The molecule has 0 radical (unpaired) electrons. The number of rotatable bonds is 8. The highest BCUT2D eigenvalue weighted by Crippen LogP contribution is 2.20. The molecule has 0 aliphatic heterocycles. The van der Waals surface area contributed by atoms with E-state index in [1.807, 2.05) is 6.92 Å². The van der Waals surface area contributed by atoms with Crippen LogP contribution in [-0.2, 0) is 11.3 Å². The molecule has 1 rings (SSSR count). The van der Waals surface area contributed by atoms with E-state index in [0.717, 1.165) is 30.2 Å². The normalized spacial score (nSPS) is 10.8. The number of nitrogens with zero attached hydrogens (tertiary/aromatic N) is 1. The number of ether oxygens (including phenoxy) is 2. The van der Waals surface area contributed by atoms with Crippen LogP contribution >= 0.6 is 24.0 Å². The number of hydrogen-bond acceptors (Lipinski definition) is 3. The largest absolute Gasteiger partial charge is 0.493 e. The van der Waals surface area contributed by atoms with Crippen molar-refractivity contribution in [2.24, 2.45) is 4.99 Å². The Morgan fingerprint density at radius 3 is 2.64 bits per heavy atom. The van der Waals surface area contributed by atoms with Gasteiger partial charge < -0.3 is 20.1 Å². The highest BCUT2D eigenvalue weighted by Gasteiger charge is 2.05. The van der Waals surface area contributed by atoms with E-state index < -0.39 is 0 Å². The van der Waals surface area contributed by atoms with Crippen LogP contribution in [0.1, 0.15) is 24.5 Å². The van der Waals surface area contributed by atoms with E-state index in [2.05, 4.69) is 40.7 Å². The van der Waals surface area contributed by atoms with Crippen LogP contribution in [-0.4, -0.2) is 39.9 Å². The smallest absolute Gasteiger partial charge is 0.191 e. The van der Waals surface area contributed by atoms with Gasteiger partial charge >= 0.3 is 0 Å². The average Bonchev–Trinajstić information content (AvgIpc) is 2.49. The number of methoxy groups -OCH3 is 1. The van der Waals surface area contributed by atoms with Gasteiger partial charge in [0, 0.05) is 45.8 Å². The van der Waals surface area contributed by atoms with Gasteiger partial charge in [-0.1, -0.05) is 12.1 Å². The van der Waals surface area contributed by atoms with E-state index in [1.54, 1.807) is 14.2 Å². The van der Waals surface area contributed by atoms with Crippen LogP contribution in [0.4, 0.5) is 0 Å². The van der Waals surface area contributed by atoms with Crippen molar-refractivity contribution in [1.29, 1.82) is 0 Å². The molecule has 1 aromatic rings. The SMILES string of the molecule is CCNC(=NC)NCc1ccc(C)cc1OCCCOC.I. The Balaban J connectivity index is 0.00000441. The van der Waals surface area contributed by atoms with Gasteiger partial charge in [0.15, 0.2) is 5.96 Å². The Hall–Kier alpha value is -1.02. The quantitative estimate of drug-likeness (QED) is 0.293. The van der Waals surface area contributed by atoms with Crippen LogP contribution in [0.15, 0.2) is 23.2 Å². The van der Waals surface area contributed by atoms with Crippen molar-refractivity contribution in [2.75, 3.05) is 33.9 Å². The maximum absolute atomic E-state index is 5.87. The molecule has 2 N–H and O–H groups in total. The number of aliphatic imine (C=N–C) groups is 1. The number of halogens is 1. The summed E-state index contributed by atoms with van der Waals surface area (Å²) in [4.78, 5) is 4.16. The lowest BCUT2D eigenvalue weighted by Crippen LogP contribution is -2.36. The first kappa shape index (κ1) is 21.0. The van der Waals surface area contributed by atoms with E-state index in [-0.39, 0.29) is 24.0 Å². The average molecular weight is 421 g/mol. The third-order valence-electron chi connectivity index (χ3n) is 2.99. The van der Waals surface area contributed by atoms with E-state index in [4.69, 9.17) is 9.47 Å². The second kappa shape index (κ2) is 12.5. The molecule has 0 saturated heterocycles. The molecule has 0 atom stereocenters. The third kappa shape index (κ3) is 7.84. The molecule has 0 fully saturated rings. The van der Waals surface area contributed by atoms with Gasteiger partial charge in [-0.3, -0.25) is 4.99 Å². The number of guanidine groups is 1. The Bertz CT molecular complexity index is 453. The third-order valence-corrected chi connectivity index (χ3v) is 2.99. The molecular weight excluding hydrogens is 393 g/mol. The second-order valence-corrected chi connectivity index (χ2v) is 4.76. The van der Waals surface area contributed by atoms with Crippen molar-refractivity contribution < 1.29 is 9.47 Å². The van der Waals surface area contributed by atoms with Crippen LogP contribution < -0.4 is 15.4 Å². The molecule has 0 heterocycles. The Kier molecular flexibility index (Phi) is 11.9. The summed E-state index contributed by atoms with van der Waals surface area (Å²) in [7, 11) is 3.47. The van der Waals surface area contributed by atoms with Crippen LogP contribution in [0.5, 0.6) is 5.75 Å². The highest BCUT2D eigenvalue weighted by molar-refractivity contribution is 14.0. The number of benzene rings is 1. The molecule has 0 spiro atoms. The van der Waals surface area contributed by atoms with E-state index in [1.165, 1.54) is 5.56 Å². The molecule has 0 saturated carbocycles. The first-order valence-corrected chi connectivity index (χ1v) is 7.37. The summed E-state index contributed by atoms with van der Waals surface area (Å²) in [5, 5.41) is 6.46. The molecule has 22 heavy (non-hydrogen) atoms. The van der Waals surface area contributed by atoms with Crippen molar-refractivity contribution >= 4 is 29.9 Å². The fraction of sp³-hybridized carbons (Fsp3) is 0.562. The van der Waals surface area contributed by atoms with Crippen molar-refractivity contribution in [3.63, 3.8) is 0 Å². The lowest BCUT2D eigenvalue weighted by molar-refractivity contribution is 0.172. The second-order valence-electron chi connectivity index (χ2n) is 4.76. The van der Waals surface area contributed by atoms with Crippen LogP contribution in [0.25, 0.3) is 0 Å². The van der Waals surface area contributed by atoms with E-state index in [0.29, 0.717) is 19.8 Å². The molecule has 0 aliphatic rings. The molecule has 126 valence electrons. The summed E-state index contributed by atoms with van der Waals surface area (Å²) in [5.74, 6) is 1.72.